The van der Waals surface area contributed by atoms with E-state index in [1.807, 2.05) is 10.9 Å². The number of likely N-dealkylation sites (tertiary alicyclic amines) is 1. The van der Waals surface area contributed by atoms with Gasteiger partial charge in [0.05, 0.1) is 17.1 Å². The number of hydrogen-bond acceptors (Lipinski definition) is 3. The molecular weight excluding hydrogens is 336 g/mol. The van der Waals surface area contributed by atoms with E-state index in [1.165, 1.54) is 44.9 Å². The molecule has 2 saturated carbocycles. The molecule has 0 radical (unpaired) electrons. The van der Waals surface area contributed by atoms with Crippen LogP contribution in [0, 0.1) is 11.8 Å². The summed E-state index contributed by atoms with van der Waals surface area (Å²) in [4.78, 5) is 20.5. The van der Waals surface area contributed by atoms with Crippen molar-refractivity contribution in [2.45, 2.75) is 70.8 Å². The van der Waals surface area contributed by atoms with Crippen LogP contribution in [0.2, 0.25) is 0 Å². The third kappa shape index (κ3) is 3.05. The van der Waals surface area contributed by atoms with E-state index in [4.69, 9.17) is 4.98 Å². The number of carbonyl (C=O) groups excluding carboxylic acids is 1. The number of piperidine rings is 1. The normalized spacial score (nSPS) is 25.8. The summed E-state index contributed by atoms with van der Waals surface area (Å²) in [6.45, 7) is 6.08. The number of fused-ring (bicyclic) bond motifs is 2. The minimum absolute atomic E-state index is 0.191. The highest BCUT2D eigenvalue weighted by atomic mass is 16.2. The van der Waals surface area contributed by atoms with E-state index >= 15 is 0 Å². The van der Waals surface area contributed by atoms with Crippen LogP contribution in [0.4, 0.5) is 0 Å². The van der Waals surface area contributed by atoms with Crippen LogP contribution in [0.25, 0.3) is 11.0 Å². The highest BCUT2D eigenvalue weighted by molar-refractivity contribution is 6.05. The Hall–Kier alpha value is -1.91. The fourth-order valence-electron chi connectivity index (χ4n) is 5.14. The molecule has 0 spiro atoms. The Kier molecular flexibility index (Phi) is 4.21. The molecular formula is C22H30N4O. The Morgan fingerprint density at radius 1 is 1.11 bits per heavy atom. The Balaban J connectivity index is 1.50. The zero-order valence-electron chi connectivity index (χ0n) is 16.5. The van der Waals surface area contributed by atoms with Crippen molar-refractivity contribution >= 4 is 16.9 Å². The second-order valence-electron chi connectivity index (χ2n) is 9.13. The topological polar surface area (TPSA) is 51.0 Å². The maximum Gasteiger partial charge on any atom is 0.254 e. The van der Waals surface area contributed by atoms with Crippen LogP contribution >= 0.6 is 0 Å². The van der Waals surface area contributed by atoms with Crippen molar-refractivity contribution in [3.8, 4) is 0 Å². The van der Waals surface area contributed by atoms with Crippen molar-refractivity contribution in [3.05, 3.63) is 23.5 Å². The summed E-state index contributed by atoms with van der Waals surface area (Å²) >= 11 is 0. The predicted molar refractivity (Wildman–Crippen MR) is 106 cm³/mol. The lowest BCUT2D eigenvalue weighted by Gasteiger charge is -2.41. The molecule has 27 heavy (non-hydrogen) atoms. The Labute approximate surface area is 161 Å². The van der Waals surface area contributed by atoms with Crippen molar-refractivity contribution < 1.29 is 4.79 Å². The van der Waals surface area contributed by atoms with Gasteiger partial charge in [-0.15, -0.1) is 0 Å². The first kappa shape index (κ1) is 17.2. The summed E-state index contributed by atoms with van der Waals surface area (Å²) in [7, 11) is 0. The van der Waals surface area contributed by atoms with E-state index in [-0.39, 0.29) is 11.9 Å². The van der Waals surface area contributed by atoms with Gasteiger partial charge in [-0.25, -0.2) is 9.67 Å². The average Bonchev–Trinajstić information content (AvgIpc) is 3.45. The lowest BCUT2D eigenvalue weighted by molar-refractivity contribution is 0.0522. The smallest absolute Gasteiger partial charge is 0.254 e. The minimum Gasteiger partial charge on any atom is -0.338 e. The van der Waals surface area contributed by atoms with Gasteiger partial charge in [0.2, 0.25) is 0 Å². The Morgan fingerprint density at radius 3 is 2.63 bits per heavy atom. The maximum absolute atomic E-state index is 13.5. The van der Waals surface area contributed by atoms with E-state index in [0.29, 0.717) is 11.8 Å². The van der Waals surface area contributed by atoms with Gasteiger partial charge in [0.1, 0.15) is 0 Å². The number of pyridine rings is 1. The largest absolute Gasteiger partial charge is 0.338 e. The van der Waals surface area contributed by atoms with Gasteiger partial charge < -0.3 is 4.90 Å². The molecule has 2 aromatic heterocycles. The molecule has 3 fully saturated rings. The molecule has 1 amide bonds. The first-order chi connectivity index (χ1) is 13.1. The van der Waals surface area contributed by atoms with Crippen LogP contribution in [0.3, 0.4) is 0 Å². The number of rotatable bonds is 3. The van der Waals surface area contributed by atoms with Gasteiger partial charge in [0.25, 0.3) is 5.91 Å². The van der Waals surface area contributed by atoms with E-state index in [0.717, 1.165) is 41.3 Å². The standard InChI is InChI=1S/C22H30N4O/c1-14(2)26-21-19(12-23-26)18(11-20(24-21)16-7-8-16)22(27)25-10-9-15-5-3-4-6-17(15)13-25/h11-12,14-17H,3-10,13H2,1-2H3/t15-,17-/m0/s1. The molecule has 0 bridgehead atoms. The predicted octanol–water partition coefficient (Wildman–Crippen LogP) is 4.54. The highest BCUT2D eigenvalue weighted by Gasteiger charge is 2.35. The second-order valence-corrected chi connectivity index (χ2v) is 9.13. The molecule has 1 saturated heterocycles. The first-order valence-corrected chi connectivity index (χ1v) is 10.8. The molecule has 3 heterocycles. The van der Waals surface area contributed by atoms with E-state index in [2.05, 4.69) is 29.9 Å². The van der Waals surface area contributed by atoms with Crippen LogP contribution < -0.4 is 0 Å². The molecule has 0 aromatic carbocycles. The molecule has 3 aliphatic rings. The summed E-state index contributed by atoms with van der Waals surface area (Å²) in [6.07, 6.45) is 10.8. The van der Waals surface area contributed by atoms with Gasteiger partial charge in [-0.3, -0.25) is 4.79 Å². The van der Waals surface area contributed by atoms with Gasteiger partial charge in [-0.2, -0.15) is 5.10 Å². The van der Waals surface area contributed by atoms with Crippen molar-refractivity contribution in [2.75, 3.05) is 13.1 Å². The van der Waals surface area contributed by atoms with Gasteiger partial charge in [-0.05, 0) is 57.4 Å². The van der Waals surface area contributed by atoms with Gasteiger partial charge >= 0.3 is 0 Å². The highest BCUT2D eigenvalue weighted by Crippen LogP contribution is 2.41. The molecule has 0 N–H and O–H groups in total. The van der Waals surface area contributed by atoms with Gasteiger partial charge in [0, 0.05) is 30.7 Å². The van der Waals surface area contributed by atoms with Crippen molar-refractivity contribution in [1.29, 1.82) is 0 Å². The molecule has 144 valence electrons. The fourth-order valence-corrected chi connectivity index (χ4v) is 5.14. The van der Waals surface area contributed by atoms with Gasteiger partial charge in [-0.1, -0.05) is 19.3 Å². The Bertz CT molecular complexity index is 867. The van der Waals surface area contributed by atoms with Crippen molar-refractivity contribution in [2.24, 2.45) is 11.8 Å². The average molecular weight is 367 g/mol. The van der Waals surface area contributed by atoms with Gasteiger partial charge in [0.15, 0.2) is 5.65 Å². The summed E-state index contributed by atoms with van der Waals surface area (Å²) in [5.74, 6) is 2.26. The molecule has 2 atom stereocenters. The zero-order valence-corrected chi connectivity index (χ0v) is 16.5. The van der Waals surface area contributed by atoms with Crippen LogP contribution in [0.1, 0.15) is 86.8 Å². The Morgan fingerprint density at radius 2 is 1.89 bits per heavy atom. The third-order valence-corrected chi connectivity index (χ3v) is 6.88. The number of hydrogen-bond donors (Lipinski definition) is 0. The maximum atomic E-state index is 13.5. The van der Waals surface area contributed by atoms with E-state index in [1.54, 1.807) is 0 Å². The molecule has 0 unspecified atom stereocenters. The minimum atomic E-state index is 0.191. The van der Waals surface area contributed by atoms with Crippen molar-refractivity contribution in [3.63, 3.8) is 0 Å². The lowest BCUT2D eigenvalue weighted by atomic mass is 9.75. The number of amides is 1. The zero-order chi connectivity index (χ0) is 18.5. The van der Waals surface area contributed by atoms with Crippen LogP contribution in [0.5, 0.6) is 0 Å². The second kappa shape index (κ2) is 6.61. The molecule has 1 aliphatic heterocycles. The summed E-state index contributed by atoms with van der Waals surface area (Å²) in [5.41, 5.74) is 2.79. The number of nitrogens with zero attached hydrogens (tertiary/aromatic N) is 4. The third-order valence-electron chi connectivity index (χ3n) is 6.88. The molecule has 2 aliphatic carbocycles. The molecule has 5 heteroatoms. The van der Waals surface area contributed by atoms with Crippen LogP contribution in [-0.2, 0) is 0 Å². The summed E-state index contributed by atoms with van der Waals surface area (Å²) in [6, 6.07) is 2.31. The summed E-state index contributed by atoms with van der Waals surface area (Å²) in [5, 5.41) is 5.47. The SMILES string of the molecule is CC(C)n1ncc2c(C(=O)N3CC[C@@H]4CCCC[C@H]4C3)cc(C3CC3)nc21. The van der Waals surface area contributed by atoms with E-state index < -0.39 is 0 Å². The van der Waals surface area contributed by atoms with Crippen molar-refractivity contribution in [1.82, 2.24) is 19.7 Å². The lowest BCUT2D eigenvalue weighted by Crippen LogP contribution is -2.44. The van der Waals surface area contributed by atoms with Crippen LogP contribution in [0.15, 0.2) is 12.3 Å². The number of carbonyl (C=O) groups is 1. The molecule has 5 nitrogen and oxygen atoms in total. The van der Waals surface area contributed by atoms with Crippen LogP contribution in [-0.4, -0.2) is 38.7 Å². The van der Waals surface area contributed by atoms with E-state index in [9.17, 15) is 4.79 Å². The molecule has 2 aromatic rings. The first-order valence-electron chi connectivity index (χ1n) is 10.8. The monoisotopic (exact) mass is 366 g/mol. The molecule has 5 rings (SSSR count). The fraction of sp³-hybridized carbons (Fsp3) is 0.682. The summed E-state index contributed by atoms with van der Waals surface area (Å²) < 4.78 is 1.96. The number of aromatic nitrogens is 3. The quantitative estimate of drug-likeness (QED) is 0.801.